The summed E-state index contributed by atoms with van der Waals surface area (Å²) in [7, 11) is 1.93. The van der Waals surface area contributed by atoms with Crippen LogP contribution in [-0.2, 0) is 11.8 Å². The van der Waals surface area contributed by atoms with Gasteiger partial charge in [0.25, 0.3) is 5.56 Å². The van der Waals surface area contributed by atoms with Gasteiger partial charge in [0.05, 0.1) is 16.6 Å². The molecule has 27 heavy (non-hydrogen) atoms. The van der Waals surface area contributed by atoms with Crippen LogP contribution in [0.1, 0.15) is 45.2 Å². The molecule has 3 aromatic heterocycles. The van der Waals surface area contributed by atoms with E-state index in [4.69, 9.17) is 4.74 Å². The summed E-state index contributed by atoms with van der Waals surface area (Å²) >= 11 is 0. The van der Waals surface area contributed by atoms with Crippen molar-refractivity contribution in [1.82, 2.24) is 24.1 Å². The number of nitrogens with one attached hydrogen (secondary N) is 1. The number of aromatic amines is 1. The topological polar surface area (TPSA) is 84.6 Å². The van der Waals surface area contributed by atoms with E-state index in [9.17, 15) is 9.59 Å². The summed E-state index contributed by atoms with van der Waals surface area (Å²) in [6.07, 6.45) is 4.88. The van der Waals surface area contributed by atoms with Crippen molar-refractivity contribution in [1.29, 1.82) is 0 Å². The van der Waals surface area contributed by atoms with E-state index in [0.29, 0.717) is 18.5 Å². The molecule has 1 N–H and O–H groups in total. The van der Waals surface area contributed by atoms with Crippen LogP contribution in [-0.4, -0.2) is 48.8 Å². The Hall–Kier alpha value is -2.77. The van der Waals surface area contributed by atoms with Crippen LogP contribution in [0.4, 0.5) is 4.79 Å². The lowest BCUT2D eigenvalue weighted by atomic mass is 9.94. The van der Waals surface area contributed by atoms with Gasteiger partial charge in [-0.05, 0) is 33.6 Å². The lowest BCUT2D eigenvalue weighted by Crippen LogP contribution is -2.41. The van der Waals surface area contributed by atoms with Gasteiger partial charge in [0.15, 0.2) is 0 Å². The van der Waals surface area contributed by atoms with E-state index in [1.807, 2.05) is 44.6 Å². The second kappa shape index (κ2) is 6.14. The highest BCUT2D eigenvalue weighted by Gasteiger charge is 2.29. The Morgan fingerprint density at radius 1 is 1.26 bits per heavy atom. The fraction of sp³-hybridized carbons (Fsp3) is 0.526. The van der Waals surface area contributed by atoms with Crippen molar-refractivity contribution in [3.05, 3.63) is 34.5 Å². The summed E-state index contributed by atoms with van der Waals surface area (Å²) in [4.78, 5) is 29.6. The van der Waals surface area contributed by atoms with Crippen molar-refractivity contribution in [3.8, 4) is 0 Å². The van der Waals surface area contributed by atoms with Crippen LogP contribution >= 0.6 is 0 Å². The number of rotatable bonds is 1. The van der Waals surface area contributed by atoms with Gasteiger partial charge >= 0.3 is 6.09 Å². The van der Waals surface area contributed by atoms with Gasteiger partial charge in [-0.25, -0.2) is 4.79 Å². The minimum atomic E-state index is -0.488. The molecule has 1 saturated heterocycles. The minimum Gasteiger partial charge on any atom is -0.444 e. The van der Waals surface area contributed by atoms with E-state index in [1.54, 1.807) is 11.1 Å². The third-order valence-corrected chi connectivity index (χ3v) is 5.13. The summed E-state index contributed by atoms with van der Waals surface area (Å²) in [6, 6.07) is 1.99. The predicted molar refractivity (Wildman–Crippen MR) is 102 cm³/mol. The van der Waals surface area contributed by atoms with E-state index in [-0.39, 0.29) is 17.6 Å². The van der Waals surface area contributed by atoms with Crippen molar-refractivity contribution >= 4 is 22.6 Å². The van der Waals surface area contributed by atoms with E-state index in [0.717, 1.165) is 29.7 Å². The van der Waals surface area contributed by atoms with E-state index in [2.05, 4.69) is 10.1 Å². The molecule has 0 aromatic carbocycles. The highest BCUT2D eigenvalue weighted by atomic mass is 16.6. The maximum absolute atomic E-state index is 12.7. The van der Waals surface area contributed by atoms with Gasteiger partial charge in [-0.15, -0.1) is 0 Å². The van der Waals surface area contributed by atoms with Crippen molar-refractivity contribution in [2.75, 3.05) is 13.1 Å². The first-order valence-corrected chi connectivity index (χ1v) is 9.28. The Morgan fingerprint density at radius 3 is 2.63 bits per heavy atom. The molecule has 144 valence electrons. The van der Waals surface area contributed by atoms with Crippen molar-refractivity contribution in [2.24, 2.45) is 7.05 Å². The van der Waals surface area contributed by atoms with Gasteiger partial charge in [0.2, 0.25) is 0 Å². The van der Waals surface area contributed by atoms with Crippen LogP contribution in [0.25, 0.3) is 16.6 Å². The van der Waals surface area contributed by atoms with Gasteiger partial charge < -0.3 is 19.2 Å². The molecule has 3 aromatic rings. The molecule has 0 unspecified atom stereocenters. The molecule has 4 rings (SSSR count). The maximum Gasteiger partial charge on any atom is 0.410 e. The van der Waals surface area contributed by atoms with Gasteiger partial charge in [-0.3, -0.25) is 4.79 Å². The molecule has 8 heteroatoms. The molecule has 4 heterocycles. The number of amides is 1. The molecule has 0 saturated carbocycles. The van der Waals surface area contributed by atoms with Crippen molar-refractivity contribution in [2.45, 2.75) is 45.1 Å². The normalized spacial score (nSPS) is 16.4. The summed E-state index contributed by atoms with van der Waals surface area (Å²) in [5, 5.41) is 5.21. The average Bonchev–Trinajstić information content (AvgIpc) is 3.26. The van der Waals surface area contributed by atoms with Crippen LogP contribution in [0, 0.1) is 0 Å². The first-order chi connectivity index (χ1) is 12.7. The molecule has 0 radical (unpaired) electrons. The average molecular weight is 371 g/mol. The number of carbonyl (C=O) groups excluding carboxylic acids is 1. The molecule has 0 spiro atoms. The minimum absolute atomic E-state index is 0.114. The zero-order chi connectivity index (χ0) is 19.3. The van der Waals surface area contributed by atoms with Gasteiger partial charge in [-0.2, -0.15) is 9.61 Å². The zero-order valence-corrected chi connectivity index (χ0v) is 16.2. The maximum atomic E-state index is 12.7. The lowest BCUT2D eigenvalue weighted by molar-refractivity contribution is 0.0204. The molecule has 1 fully saturated rings. The highest BCUT2D eigenvalue weighted by molar-refractivity contribution is 5.80. The third-order valence-electron chi connectivity index (χ3n) is 5.13. The second-order valence-corrected chi connectivity index (χ2v) is 8.20. The number of aryl methyl sites for hydroxylation is 1. The molecular formula is C19H25N5O3. The Kier molecular flexibility index (Phi) is 4.01. The predicted octanol–water partition coefficient (Wildman–Crippen LogP) is 2.63. The number of piperidine rings is 1. The van der Waals surface area contributed by atoms with Crippen molar-refractivity contribution in [3.63, 3.8) is 0 Å². The number of hydrogen-bond acceptors (Lipinski definition) is 4. The quantitative estimate of drug-likeness (QED) is 0.713. The first kappa shape index (κ1) is 17.6. The summed E-state index contributed by atoms with van der Waals surface area (Å²) in [6.45, 7) is 6.88. The van der Waals surface area contributed by atoms with Gasteiger partial charge in [-0.1, -0.05) is 0 Å². The largest absolute Gasteiger partial charge is 0.444 e. The number of hydrogen-bond donors (Lipinski definition) is 1. The van der Waals surface area contributed by atoms with Crippen LogP contribution < -0.4 is 5.56 Å². The molecule has 8 nitrogen and oxygen atoms in total. The molecular weight excluding hydrogens is 346 g/mol. The van der Waals surface area contributed by atoms with Crippen LogP contribution in [0.3, 0.4) is 0 Å². The van der Waals surface area contributed by atoms with Crippen LogP contribution in [0.2, 0.25) is 0 Å². The SMILES string of the molecule is Cn1c2c[nH]cc2c(=O)n2nc(C3CCN(C(=O)OC(C)(C)C)CC3)cc12. The number of H-pyrrole nitrogens is 1. The molecule has 0 bridgehead atoms. The number of carbonyl (C=O) groups is 1. The lowest BCUT2D eigenvalue weighted by Gasteiger charge is -2.32. The molecule has 1 aliphatic rings. The Labute approximate surface area is 156 Å². The number of aromatic nitrogens is 4. The highest BCUT2D eigenvalue weighted by Crippen LogP contribution is 2.28. The summed E-state index contributed by atoms with van der Waals surface area (Å²) in [5.74, 6) is 0.226. The number of nitrogens with zero attached hydrogens (tertiary/aromatic N) is 4. The zero-order valence-electron chi connectivity index (χ0n) is 16.2. The monoisotopic (exact) mass is 371 g/mol. The number of ether oxygens (including phenoxy) is 1. The molecule has 0 aliphatic carbocycles. The Morgan fingerprint density at radius 2 is 1.96 bits per heavy atom. The van der Waals surface area contributed by atoms with Crippen LogP contribution in [0.5, 0.6) is 0 Å². The summed E-state index contributed by atoms with van der Waals surface area (Å²) in [5.41, 5.74) is 1.94. The Bertz CT molecular complexity index is 1060. The van der Waals surface area contributed by atoms with E-state index >= 15 is 0 Å². The van der Waals surface area contributed by atoms with Gasteiger partial charge in [0, 0.05) is 44.5 Å². The van der Waals surface area contributed by atoms with Gasteiger partial charge in [0.1, 0.15) is 11.2 Å². The third kappa shape index (κ3) is 3.09. The fourth-order valence-corrected chi connectivity index (χ4v) is 3.70. The molecule has 1 amide bonds. The molecule has 0 atom stereocenters. The standard InChI is InChI=1S/C19H25N5O3/c1-19(2,3)27-18(26)23-7-5-12(6-8-23)14-9-16-22(4)15-11-20-10-13(15)17(25)24(16)21-14/h9-12,20H,5-8H2,1-4H3. The van der Waals surface area contributed by atoms with E-state index < -0.39 is 5.60 Å². The summed E-state index contributed by atoms with van der Waals surface area (Å²) < 4.78 is 8.90. The van der Waals surface area contributed by atoms with E-state index in [1.165, 1.54) is 4.52 Å². The molecule has 1 aliphatic heterocycles. The van der Waals surface area contributed by atoms with Crippen molar-refractivity contribution < 1.29 is 9.53 Å². The number of likely N-dealkylation sites (tertiary alicyclic amines) is 1. The van der Waals surface area contributed by atoms with Crippen LogP contribution in [0.15, 0.2) is 23.3 Å². The fourth-order valence-electron chi connectivity index (χ4n) is 3.70. The second-order valence-electron chi connectivity index (χ2n) is 8.20. The number of fused-ring (bicyclic) bond motifs is 2. The smallest absolute Gasteiger partial charge is 0.410 e. The Balaban J connectivity index is 1.56. The first-order valence-electron chi connectivity index (χ1n) is 9.28.